The fraction of sp³-hybridized carbons (Fsp3) is 0.647. The first kappa shape index (κ1) is 17.5. The molecule has 0 unspecified atom stereocenters. The summed E-state index contributed by atoms with van der Waals surface area (Å²) < 4.78 is 0. The lowest BCUT2D eigenvalue weighted by molar-refractivity contribution is -0.116. The van der Waals surface area contributed by atoms with Crippen molar-refractivity contribution in [3.05, 3.63) is 18.5 Å². The quantitative estimate of drug-likeness (QED) is 0.589. The van der Waals surface area contributed by atoms with Crippen LogP contribution in [0.2, 0.25) is 0 Å². The van der Waals surface area contributed by atoms with E-state index in [4.69, 9.17) is 5.73 Å². The summed E-state index contributed by atoms with van der Waals surface area (Å²) >= 11 is 0. The number of hydrogen-bond donors (Lipinski definition) is 2. The van der Waals surface area contributed by atoms with Crippen LogP contribution < -0.4 is 11.1 Å². The molecule has 1 aromatic heterocycles. The topological polar surface area (TPSA) is 68.0 Å². The molecule has 0 spiro atoms. The van der Waals surface area contributed by atoms with Gasteiger partial charge in [0.2, 0.25) is 5.91 Å². The number of rotatable bonds is 11. The van der Waals surface area contributed by atoms with Crippen LogP contribution in [0.3, 0.4) is 0 Å². The highest BCUT2D eigenvalue weighted by molar-refractivity contribution is 5.93. The second-order valence-corrected chi connectivity index (χ2v) is 5.59. The molecule has 21 heavy (non-hydrogen) atoms. The van der Waals surface area contributed by atoms with Gasteiger partial charge in [0.1, 0.15) is 0 Å². The monoisotopic (exact) mass is 291 g/mol. The van der Waals surface area contributed by atoms with Crippen molar-refractivity contribution in [2.24, 2.45) is 0 Å². The lowest BCUT2D eigenvalue weighted by Gasteiger charge is -2.07. The Kier molecular flexibility index (Phi) is 9.25. The van der Waals surface area contributed by atoms with Crippen LogP contribution in [0.1, 0.15) is 71.1 Å². The van der Waals surface area contributed by atoms with Crippen molar-refractivity contribution in [3.8, 4) is 0 Å². The molecule has 0 aromatic carbocycles. The molecule has 4 heteroatoms. The minimum atomic E-state index is 0.0378. The largest absolute Gasteiger partial charge is 0.396 e. The lowest BCUT2D eigenvalue weighted by atomic mass is 10.1. The zero-order valence-electron chi connectivity index (χ0n) is 13.2. The molecule has 1 aromatic rings. The zero-order valence-corrected chi connectivity index (χ0v) is 13.2. The third-order valence-electron chi connectivity index (χ3n) is 3.63. The molecule has 0 aliphatic rings. The van der Waals surface area contributed by atoms with Crippen LogP contribution in [0.15, 0.2) is 18.5 Å². The molecule has 0 saturated carbocycles. The summed E-state index contributed by atoms with van der Waals surface area (Å²) in [4.78, 5) is 15.7. The summed E-state index contributed by atoms with van der Waals surface area (Å²) in [6, 6.07) is 1.73. The summed E-state index contributed by atoms with van der Waals surface area (Å²) in [5.41, 5.74) is 6.91. The number of aromatic nitrogens is 1. The van der Waals surface area contributed by atoms with E-state index in [1.165, 1.54) is 44.9 Å². The average Bonchev–Trinajstić information content (AvgIpc) is 2.48. The standard InChI is InChI=1S/C17H29N3O/c1-2-3-4-5-6-7-8-9-10-11-17(21)20-16-12-13-19-14-15(16)18/h12-14H,2-11,18H2,1H3,(H,19,20,21). The molecule has 4 nitrogen and oxygen atoms in total. The minimum absolute atomic E-state index is 0.0378. The highest BCUT2D eigenvalue weighted by atomic mass is 16.1. The minimum Gasteiger partial charge on any atom is -0.396 e. The van der Waals surface area contributed by atoms with Crippen molar-refractivity contribution >= 4 is 17.3 Å². The van der Waals surface area contributed by atoms with Crippen LogP contribution in [-0.4, -0.2) is 10.9 Å². The number of nitrogens with two attached hydrogens (primary N) is 1. The van der Waals surface area contributed by atoms with Crippen LogP contribution in [0.25, 0.3) is 0 Å². The maximum Gasteiger partial charge on any atom is 0.224 e. The lowest BCUT2D eigenvalue weighted by Crippen LogP contribution is -2.12. The van der Waals surface area contributed by atoms with E-state index in [9.17, 15) is 4.79 Å². The molecular weight excluding hydrogens is 262 g/mol. The number of carbonyl (C=O) groups is 1. The van der Waals surface area contributed by atoms with Crippen LogP contribution >= 0.6 is 0 Å². The summed E-state index contributed by atoms with van der Waals surface area (Å²) in [5, 5.41) is 2.83. The van der Waals surface area contributed by atoms with E-state index in [0.717, 1.165) is 12.8 Å². The Morgan fingerprint density at radius 2 is 1.71 bits per heavy atom. The van der Waals surface area contributed by atoms with E-state index in [1.54, 1.807) is 18.5 Å². The van der Waals surface area contributed by atoms with Crippen LogP contribution in [0.5, 0.6) is 0 Å². The predicted molar refractivity (Wildman–Crippen MR) is 89.1 cm³/mol. The van der Waals surface area contributed by atoms with Gasteiger partial charge in [0.05, 0.1) is 17.6 Å². The Bertz CT molecular complexity index is 407. The molecule has 0 fully saturated rings. The molecule has 1 amide bonds. The Hall–Kier alpha value is -1.58. The fourth-order valence-corrected chi connectivity index (χ4v) is 2.33. The SMILES string of the molecule is CCCCCCCCCCCC(=O)Nc1ccncc1N. The second kappa shape index (κ2) is 11.1. The second-order valence-electron chi connectivity index (χ2n) is 5.59. The predicted octanol–water partition coefficient (Wildman–Crippen LogP) is 4.52. The molecule has 3 N–H and O–H groups in total. The smallest absolute Gasteiger partial charge is 0.224 e. The van der Waals surface area contributed by atoms with Gasteiger partial charge < -0.3 is 11.1 Å². The summed E-state index contributed by atoms with van der Waals surface area (Å²) in [7, 11) is 0. The van der Waals surface area contributed by atoms with Gasteiger partial charge in [-0.2, -0.15) is 0 Å². The van der Waals surface area contributed by atoms with Gasteiger partial charge in [-0.1, -0.05) is 58.3 Å². The molecule has 0 radical (unpaired) electrons. The number of amides is 1. The number of hydrogen-bond acceptors (Lipinski definition) is 3. The van der Waals surface area contributed by atoms with Crippen LogP contribution in [0, 0.1) is 0 Å². The van der Waals surface area contributed by atoms with Gasteiger partial charge in [-0.25, -0.2) is 0 Å². The van der Waals surface area contributed by atoms with E-state index in [0.29, 0.717) is 17.8 Å². The third kappa shape index (κ3) is 8.33. The number of nitrogens with zero attached hydrogens (tertiary/aromatic N) is 1. The number of unbranched alkanes of at least 4 members (excludes halogenated alkanes) is 8. The first-order valence-electron chi connectivity index (χ1n) is 8.23. The molecule has 0 atom stereocenters. The number of pyridine rings is 1. The zero-order chi connectivity index (χ0) is 15.3. The maximum absolute atomic E-state index is 11.8. The highest BCUT2D eigenvalue weighted by Crippen LogP contribution is 2.16. The Labute approximate surface area is 128 Å². The number of anilines is 2. The number of nitrogens with one attached hydrogen (secondary N) is 1. The van der Waals surface area contributed by atoms with Gasteiger partial charge in [0.15, 0.2) is 0 Å². The summed E-state index contributed by atoms with van der Waals surface area (Å²) in [6.07, 6.45) is 15.1. The summed E-state index contributed by atoms with van der Waals surface area (Å²) in [5.74, 6) is 0.0378. The van der Waals surface area contributed by atoms with Gasteiger partial charge in [-0.3, -0.25) is 9.78 Å². The Morgan fingerprint density at radius 1 is 1.10 bits per heavy atom. The fourth-order valence-electron chi connectivity index (χ4n) is 2.33. The first-order valence-corrected chi connectivity index (χ1v) is 8.23. The highest BCUT2D eigenvalue weighted by Gasteiger charge is 2.04. The van der Waals surface area contributed by atoms with E-state index < -0.39 is 0 Å². The molecule has 118 valence electrons. The molecule has 1 rings (SSSR count). The Morgan fingerprint density at radius 3 is 2.33 bits per heavy atom. The van der Waals surface area contributed by atoms with Gasteiger partial charge in [0, 0.05) is 12.6 Å². The normalized spacial score (nSPS) is 10.5. The molecular formula is C17H29N3O. The van der Waals surface area contributed by atoms with Crippen LogP contribution in [-0.2, 0) is 4.79 Å². The molecule has 0 aliphatic heterocycles. The van der Waals surface area contributed by atoms with Crippen molar-refractivity contribution in [1.29, 1.82) is 0 Å². The van der Waals surface area contributed by atoms with E-state index in [-0.39, 0.29) is 5.91 Å². The number of nitrogen functional groups attached to an aromatic ring is 1. The van der Waals surface area contributed by atoms with Gasteiger partial charge in [-0.05, 0) is 12.5 Å². The van der Waals surface area contributed by atoms with E-state index >= 15 is 0 Å². The molecule has 0 aliphatic carbocycles. The summed E-state index contributed by atoms with van der Waals surface area (Å²) in [6.45, 7) is 2.24. The molecule has 0 saturated heterocycles. The molecule has 0 bridgehead atoms. The Balaban J connectivity index is 2.00. The third-order valence-corrected chi connectivity index (χ3v) is 3.63. The van der Waals surface area contributed by atoms with Crippen molar-refractivity contribution in [1.82, 2.24) is 4.98 Å². The van der Waals surface area contributed by atoms with Crippen LogP contribution in [0.4, 0.5) is 11.4 Å². The van der Waals surface area contributed by atoms with E-state index in [2.05, 4.69) is 17.2 Å². The first-order chi connectivity index (χ1) is 10.2. The average molecular weight is 291 g/mol. The number of carbonyl (C=O) groups excluding carboxylic acids is 1. The van der Waals surface area contributed by atoms with Crippen molar-refractivity contribution in [2.75, 3.05) is 11.1 Å². The van der Waals surface area contributed by atoms with Gasteiger partial charge >= 0.3 is 0 Å². The van der Waals surface area contributed by atoms with Crippen molar-refractivity contribution < 1.29 is 4.79 Å². The van der Waals surface area contributed by atoms with Gasteiger partial charge in [-0.15, -0.1) is 0 Å². The molecule has 1 heterocycles. The van der Waals surface area contributed by atoms with E-state index in [1.807, 2.05) is 0 Å². The van der Waals surface area contributed by atoms with Gasteiger partial charge in [0.25, 0.3) is 0 Å². The van der Waals surface area contributed by atoms with Crippen molar-refractivity contribution in [3.63, 3.8) is 0 Å². The van der Waals surface area contributed by atoms with Crippen molar-refractivity contribution in [2.45, 2.75) is 71.1 Å². The maximum atomic E-state index is 11.8.